The molecule has 4 rings (SSSR count). The van der Waals surface area contributed by atoms with Crippen LogP contribution in [0.25, 0.3) is 0 Å². The minimum Gasteiger partial charge on any atom is -0.454 e. The number of hydrogen-bond donors (Lipinski definition) is 1. The van der Waals surface area contributed by atoms with E-state index in [1.807, 2.05) is 12.1 Å². The number of ether oxygens (including phenoxy) is 2. The largest absolute Gasteiger partial charge is 0.454 e. The Labute approximate surface area is 132 Å². The molecule has 0 radical (unpaired) electrons. The summed E-state index contributed by atoms with van der Waals surface area (Å²) < 4.78 is 11.9. The van der Waals surface area contributed by atoms with E-state index in [0.717, 1.165) is 21.7 Å². The van der Waals surface area contributed by atoms with Gasteiger partial charge in [-0.2, -0.15) is 0 Å². The quantitative estimate of drug-likeness (QED) is 0.885. The first-order chi connectivity index (χ1) is 10.3. The third kappa shape index (κ3) is 2.60. The molecule has 0 spiro atoms. The Bertz CT molecular complexity index is 650. The van der Waals surface area contributed by atoms with Gasteiger partial charge in [-0.3, -0.25) is 0 Å². The second kappa shape index (κ2) is 5.26. The fourth-order valence-electron chi connectivity index (χ4n) is 2.96. The maximum Gasteiger partial charge on any atom is 0.231 e. The van der Waals surface area contributed by atoms with Crippen LogP contribution < -0.4 is 14.8 Å². The second-order valence-corrected chi connectivity index (χ2v) is 6.54. The van der Waals surface area contributed by atoms with E-state index in [9.17, 15) is 0 Å². The van der Waals surface area contributed by atoms with Crippen LogP contribution in [0.1, 0.15) is 24.3 Å². The molecule has 21 heavy (non-hydrogen) atoms. The summed E-state index contributed by atoms with van der Waals surface area (Å²) in [7, 11) is 0. The molecule has 1 aliphatic carbocycles. The van der Waals surface area contributed by atoms with Crippen LogP contribution in [0.5, 0.6) is 11.5 Å². The van der Waals surface area contributed by atoms with Gasteiger partial charge in [-0.05, 0) is 48.6 Å². The van der Waals surface area contributed by atoms with Crippen molar-refractivity contribution in [2.75, 3.05) is 12.1 Å². The van der Waals surface area contributed by atoms with Crippen LogP contribution in [-0.4, -0.2) is 12.8 Å². The minimum atomic E-state index is 0.327. The molecule has 0 bridgehead atoms. The summed E-state index contributed by atoms with van der Waals surface area (Å²) >= 11 is 3.48. The first kappa shape index (κ1) is 13.0. The van der Waals surface area contributed by atoms with Crippen LogP contribution in [-0.2, 0) is 0 Å². The normalized spacial score (nSPS) is 22.7. The third-order valence-corrected chi connectivity index (χ3v) is 4.75. The van der Waals surface area contributed by atoms with Crippen molar-refractivity contribution in [2.24, 2.45) is 0 Å². The van der Waals surface area contributed by atoms with Gasteiger partial charge >= 0.3 is 0 Å². The Hall–Kier alpha value is -1.68. The predicted octanol–water partition coefficient (Wildman–Crippen LogP) is 4.54. The molecule has 0 aromatic heterocycles. The molecule has 2 aromatic rings. The third-order valence-electron chi connectivity index (χ3n) is 4.22. The van der Waals surface area contributed by atoms with Crippen molar-refractivity contribution in [1.29, 1.82) is 0 Å². The van der Waals surface area contributed by atoms with Crippen molar-refractivity contribution in [2.45, 2.75) is 24.8 Å². The SMILES string of the molecule is Brc1ccc(C2CC(Nc3ccc4c(c3)OCO4)C2)cc1. The van der Waals surface area contributed by atoms with Crippen molar-refractivity contribution >= 4 is 21.6 Å². The molecule has 2 aromatic carbocycles. The first-order valence-electron chi connectivity index (χ1n) is 7.19. The van der Waals surface area contributed by atoms with E-state index < -0.39 is 0 Å². The Balaban J connectivity index is 1.37. The van der Waals surface area contributed by atoms with Crippen LogP contribution in [0, 0.1) is 0 Å². The summed E-state index contributed by atoms with van der Waals surface area (Å²) in [6.45, 7) is 0.327. The van der Waals surface area contributed by atoms with Crippen LogP contribution >= 0.6 is 15.9 Å². The lowest BCUT2D eigenvalue weighted by Gasteiger charge is -2.37. The number of hydrogen-bond acceptors (Lipinski definition) is 3. The van der Waals surface area contributed by atoms with Gasteiger partial charge in [0.25, 0.3) is 0 Å². The van der Waals surface area contributed by atoms with Crippen LogP contribution in [0.15, 0.2) is 46.9 Å². The molecular formula is C17H16BrNO2. The van der Waals surface area contributed by atoms with Crippen LogP contribution in [0.3, 0.4) is 0 Å². The summed E-state index contributed by atoms with van der Waals surface area (Å²) in [6, 6.07) is 15.3. The zero-order valence-electron chi connectivity index (χ0n) is 11.5. The van der Waals surface area contributed by atoms with Crippen LogP contribution in [0.2, 0.25) is 0 Å². The fourth-order valence-corrected chi connectivity index (χ4v) is 3.23. The number of benzene rings is 2. The zero-order valence-corrected chi connectivity index (χ0v) is 13.1. The molecule has 108 valence electrons. The topological polar surface area (TPSA) is 30.5 Å². The van der Waals surface area contributed by atoms with Crippen molar-refractivity contribution in [3.63, 3.8) is 0 Å². The Morgan fingerprint density at radius 1 is 0.952 bits per heavy atom. The predicted molar refractivity (Wildman–Crippen MR) is 86.1 cm³/mol. The Kier molecular flexibility index (Phi) is 3.26. The van der Waals surface area contributed by atoms with Crippen molar-refractivity contribution < 1.29 is 9.47 Å². The molecule has 0 unspecified atom stereocenters. The van der Waals surface area contributed by atoms with Gasteiger partial charge in [0.2, 0.25) is 6.79 Å². The maximum absolute atomic E-state index is 5.41. The van der Waals surface area contributed by atoms with Crippen LogP contribution in [0.4, 0.5) is 5.69 Å². The number of anilines is 1. The van der Waals surface area contributed by atoms with E-state index in [4.69, 9.17) is 9.47 Å². The Morgan fingerprint density at radius 2 is 1.71 bits per heavy atom. The van der Waals surface area contributed by atoms with E-state index >= 15 is 0 Å². The summed E-state index contributed by atoms with van der Waals surface area (Å²) in [6.07, 6.45) is 2.35. The van der Waals surface area contributed by atoms with Gasteiger partial charge in [-0.1, -0.05) is 28.1 Å². The van der Waals surface area contributed by atoms with Gasteiger partial charge in [0.15, 0.2) is 11.5 Å². The monoisotopic (exact) mass is 345 g/mol. The van der Waals surface area contributed by atoms with E-state index in [1.165, 1.54) is 18.4 Å². The lowest BCUT2D eigenvalue weighted by molar-refractivity contribution is 0.174. The minimum absolute atomic E-state index is 0.327. The molecule has 4 heteroatoms. The zero-order chi connectivity index (χ0) is 14.2. The van der Waals surface area contributed by atoms with Gasteiger partial charge in [-0.25, -0.2) is 0 Å². The molecule has 1 saturated carbocycles. The molecule has 1 fully saturated rings. The first-order valence-corrected chi connectivity index (χ1v) is 7.99. The van der Waals surface area contributed by atoms with Crippen molar-refractivity contribution in [3.8, 4) is 11.5 Å². The standard InChI is InChI=1S/C17H16BrNO2/c18-13-3-1-11(2-4-13)12-7-15(8-12)19-14-5-6-16-17(9-14)21-10-20-16/h1-6,9,12,15,19H,7-8,10H2. The second-order valence-electron chi connectivity index (χ2n) is 5.63. The highest BCUT2D eigenvalue weighted by Gasteiger charge is 2.30. The highest BCUT2D eigenvalue weighted by molar-refractivity contribution is 9.10. The molecule has 1 N–H and O–H groups in total. The van der Waals surface area contributed by atoms with Gasteiger partial charge in [0.1, 0.15) is 0 Å². The van der Waals surface area contributed by atoms with E-state index in [2.05, 4.69) is 51.6 Å². The molecule has 0 saturated heterocycles. The lowest BCUT2D eigenvalue weighted by atomic mass is 9.76. The Morgan fingerprint density at radius 3 is 2.52 bits per heavy atom. The molecule has 2 aliphatic rings. The van der Waals surface area contributed by atoms with Crippen molar-refractivity contribution in [3.05, 3.63) is 52.5 Å². The lowest BCUT2D eigenvalue weighted by Crippen LogP contribution is -2.33. The van der Waals surface area contributed by atoms with E-state index in [-0.39, 0.29) is 0 Å². The number of nitrogens with one attached hydrogen (secondary N) is 1. The van der Waals surface area contributed by atoms with Crippen molar-refractivity contribution in [1.82, 2.24) is 0 Å². The highest BCUT2D eigenvalue weighted by atomic mass is 79.9. The van der Waals surface area contributed by atoms with Gasteiger partial charge in [0, 0.05) is 22.3 Å². The average Bonchev–Trinajstić information content (AvgIpc) is 2.91. The fraction of sp³-hybridized carbons (Fsp3) is 0.294. The number of halogens is 1. The molecular weight excluding hydrogens is 330 g/mol. The molecule has 0 atom stereocenters. The number of fused-ring (bicyclic) bond motifs is 1. The summed E-state index contributed by atoms with van der Waals surface area (Å²) in [4.78, 5) is 0. The molecule has 1 heterocycles. The average molecular weight is 346 g/mol. The highest BCUT2D eigenvalue weighted by Crippen LogP contribution is 2.40. The molecule has 1 aliphatic heterocycles. The van der Waals surface area contributed by atoms with E-state index in [0.29, 0.717) is 18.8 Å². The van der Waals surface area contributed by atoms with Gasteiger partial charge in [-0.15, -0.1) is 0 Å². The van der Waals surface area contributed by atoms with Gasteiger partial charge < -0.3 is 14.8 Å². The number of rotatable bonds is 3. The summed E-state index contributed by atoms with van der Waals surface area (Å²) in [5, 5.41) is 3.57. The summed E-state index contributed by atoms with van der Waals surface area (Å²) in [5.41, 5.74) is 2.54. The summed E-state index contributed by atoms with van der Waals surface area (Å²) in [5.74, 6) is 2.34. The van der Waals surface area contributed by atoms with E-state index in [1.54, 1.807) is 0 Å². The smallest absolute Gasteiger partial charge is 0.231 e. The molecule has 3 nitrogen and oxygen atoms in total. The maximum atomic E-state index is 5.41. The van der Waals surface area contributed by atoms with Gasteiger partial charge in [0.05, 0.1) is 0 Å². The molecule has 0 amide bonds.